The molecule has 1 amide bonds. The molecule has 2 aromatic rings. The molecule has 0 aliphatic rings. The first kappa shape index (κ1) is 10.1. The van der Waals surface area contributed by atoms with Gasteiger partial charge >= 0.3 is 0 Å². The molecule has 2 rings (SSSR count). The van der Waals surface area contributed by atoms with Crippen LogP contribution in [0.3, 0.4) is 0 Å². The van der Waals surface area contributed by atoms with Crippen LogP contribution in [0.25, 0.3) is 10.2 Å². The van der Waals surface area contributed by atoms with Crippen LogP contribution in [0.15, 0.2) is 23.7 Å². The predicted octanol–water partition coefficient (Wildman–Crippen LogP) is 2.44. The zero-order chi connectivity index (χ0) is 10.7. The van der Waals surface area contributed by atoms with Gasteiger partial charge in [-0.15, -0.1) is 11.3 Å². The van der Waals surface area contributed by atoms with Crippen LogP contribution in [0.2, 0.25) is 0 Å². The number of nitrogens with zero attached hydrogens (tertiary/aromatic N) is 1. The molecule has 0 aliphatic heterocycles. The first-order chi connectivity index (χ1) is 7.31. The number of amides is 1. The van der Waals surface area contributed by atoms with E-state index in [-0.39, 0.29) is 5.91 Å². The summed E-state index contributed by atoms with van der Waals surface area (Å²) in [6.07, 6.45) is 0.953. The van der Waals surface area contributed by atoms with Crippen LogP contribution in [-0.4, -0.2) is 17.4 Å². The Bertz CT molecular complexity index is 478. The number of carbonyl (C=O) groups is 1. The minimum Gasteiger partial charge on any atom is -0.352 e. The van der Waals surface area contributed by atoms with Crippen LogP contribution < -0.4 is 5.32 Å². The van der Waals surface area contributed by atoms with E-state index in [1.165, 1.54) is 0 Å². The van der Waals surface area contributed by atoms with E-state index in [9.17, 15) is 4.79 Å². The molecule has 0 atom stereocenters. The molecule has 3 nitrogen and oxygen atoms in total. The van der Waals surface area contributed by atoms with Crippen molar-refractivity contribution < 1.29 is 4.79 Å². The highest BCUT2D eigenvalue weighted by atomic mass is 32.1. The van der Waals surface area contributed by atoms with Crippen molar-refractivity contribution in [3.8, 4) is 0 Å². The van der Waals surface area contributed by atoms with Crippen molar-refractivity contribution in [1.82, 2.24) is 10.3 Å². The molecule has 1 N–H and O–H groups in total. The Morgan fingerprint density at radius 3 is 3.20 bits per heavy atom. The average molecular weight is 220 g/mol. The smallest absolute Gasteiger partial charge is 0.251 e. The predicted molar refractivity (Wildman–Crippen MR) is 62.2 cm³/mol. The fourth-order valence-corrected chi connectivity index (χ4v) is 2.05. The van der Waals surface area contributed by atoms with Gasteiger partial charge in [-0.25, -0.2) is 4.98 Å². The minimum absolute atomic E-state index is 0.00727. The van der Waals surface area contributed by atoms with Crippen LogP contribution >= 0.6 is 11.3 Å². The molecule has 0 spiro atoms. The zero-order valence-electron chi connectivity index (χ0n) is 8.49. The van der Waals surface area contributed by atoms with Gasteiger partial charge in [-0.2, -0.15) is 0 Å². The SMILES string of the molecule is CCCNC(=O)c1ccc2ncsc2c1. The molecule has 0 bridgehead atoms. The van der Waals surface area contributed by atoms with Crippen molar-refractivity contribution in [3.63, 3.8) is 0 Å². The maximum Gasteiger partial charge on any atom is 0.251 e. The molecule has 4 heteroatoms. The molecular formula is C11H12N2OS. The first-order valence-electron chi connectivity index (χ1n) is 4.92. The molecule has 0 saturated heterocycles. The lowest BCUT2D eigenvalue weighted by molar-refractivity contribution is 0.0954. The highest BCUT2D eigenvalue weighted by molar-refractivity contribution is 7.16. The third kappa shape index (κ3) is 2.15. The van der Waals surface area contributed by atoms with E-state index >= 15 is 0 Å². The van der Waals surface area contributed by atoms with Gasteiger partial charge in [-0.1, -0.05) is 6.92 Å². The molecule has 0 saturated carbocycles. The third-order valence-corrected chi connectivity index (χ3v) is 2.92. The number of nitrogens with one attached hydrogen (secondary N) is 1. The number of hydrogen-bond acceptors (Lipinski definition) is 3. The van der Waals surface area contributed by atoms with Gasteiger partial charge in [-0.05, 0) is 24.6 Å². The van der Waals surface area contributed by atoms with E-state index < -0.39 is 0 Å². The van der Waals surface area contributed by atoms with Crippen LogP contribution in [0.5, 0.6) is 0 Å². The standard InChI is InChI=1S/C11H12N2OS/c1-2-5-12-11(14)8-3-4-9-10(6-8)15-7-13-9/h3-4,6-7H,2,5H2,1H3,(H,12,14). The summed E-state index contributed by atoms with van der Waals surface area (Å²) in [6.45, 7) is 2.76. The van der Waals surface area contributed by atoms with E-state index in [2.05, 4.69) is 10.3 Å². The van der Waals surface area contributed by atoms with E-state index in [4.69, 9.17) is 0 Å². The van der Waals surface area contributed by atoms with Gasteiger partial charge in [0, 0.05) is 12.1 Å². The fourth-order valence-electron chi connectivity index (χ4n) is 1.34. The highest BCUT2D eigenvalue weighted by Gasteiger charge is 2.05. The van der Waals surface area contributed by atoms with E-state index in [1.54, 1.807) is 16.8 Å². The summed E-state index contributed by atoms with van der Waals surface area (Å²) in [5.74, 6) is -0.00727. The molecule has 15 heavy (non-hydrogen) atoms. The van der Waals surface area contributed by atoms with Crippen LogP contribution in [0, 0.1) is 0 Å². The molecule has 0 fully saturated rings. The fraction of sp³-hybridized carbons (Fsp3) is 0.273. The normalized spacial score (nSPS) is 10.5. The van der Waals surface area contributed by atoms with Gasteiger partial charge in [-0.3, -0.25) is 4.79 Å². The summed E-state index contributed by atoms with van der Waals surface area (Å²) in [5, 5.41) is 2.85. The first-order valence-corrected chi connectivity index (χ1v) is 5.80. The second-order valence-corrected chi connectivity index (χ2v) is 4.18. The van der Waals surface area contributed by atoms with Gasteiger partial charge in [0.1, 0.15) is 0 Å². The minimum atomic E-state index is -0.00727. The number of thiazole rings is 1. The average Bonchev–Trinajstić information content (AvgIpc) is 2.72. The van der Waals surface area contributed by atoms with E-state index in [0.29, 0.717) is 5.56 Å². The lowest BCUT2D eigenvalue weighted by Crippen LogP contribution is -2.23. The molecule has 0 radical (unpaired) electrons. The number of carbonyl (C=O) groups excluding carboxylic acids is 1. The van der Waals surface area contributed by atoms with Gasteiger partial charge < -0.3 is 5.32 Å². The van der Waals surface area contributed by atoms with Crippen LogP contribution in [0.1, 0.15) is 23.7 Å². The largest absolute Gasteiger partial charge is 0.352 e. The molecule has 0 unspecified atom stereocenters. The Hall–Kier alpha value is -1.42. The molecule has 1 aromatic heterocycles. The van der Waals surface area contributed by atoms with Crippen molar-refractivity contribution in [2.45, 2.75) is 13.3 Å². The Kier molecular flexibility index (Phi) is 2.97. The van der Waals surface area contributed by atoms with Crippen molar-refractivity contribution in [2.24, 2.45) is 0 Å². The topological polar surface area (TPSA) is 42.0 Å². The number of hydrogen-bond donors (Lipinski definition) is 1. The summed E-state index contributed by atoms with van der Waals surface area (Å²) in [6, 6.07) is 5.58. The number of fused-ring (bicyclic) bond motifs is 1. The second kappa shape index (κ2) is 4.40. The summed E-state index contributed by atoms with van der Waals surface area (Å²) >= 11 is 1.55. The summed E-state index contributed by atoms with van der Waals surface area (Å²) < 4.78 is 1.05. The van der Waals surface area contributed by atoms with Crippen LogP contribution in [0.4, 0.5) is 0 Å². The van der Waals surface area contributed by atoms with Crippen molar-refractivity contribution in [2.75, 3.05) is 6.54 Å². The lowest BCUT2D eigenvalue weighted by Gasteiger charge is -2.02. The van der Waals surface area contributed by atoms with Gasteiger partial charge in [0.2, 0.25) is 0 Å². The molecular weight excluding hydrogens is 208 g/mol. The molecule has 1 heterocycles. The lowest BCUT2D eigenvalue weighted by atomic mass is 10.2. The van der Waals surface area contributed by atoms with Gasteiger partial charge in [0.05, 0.1) is 15.7 Å². The maximum absolute atomic E-state index is 11.6. The van der Waals surface area contributed by atoms with Gasteiger partial charge in [0.15, 0.2) is 0 Å². The Morgan fingerprint density at radius 2 is 2.40 bits per heavy atom. The summed E-state index contributed by atoms with van der Waals surface area (Å²) in [7, 11) is 0. The summed E-state index contributed by atoms with van der Waals surface area (Å²) in [4.78, 5) is 15.8. The van der Waals surface area contributed by atoms with Crippen molar-refractivity contribution in [1.29, 1.82) is 0 Å². The van der Waals surface area contributed by atoms with E-state index in [0.717, 1.165) is 23.2 Å². The van der Waals surface area contributed by atoms with E-state index in [1.807, 2.05) is 25.1 Å². The Labute approximate surface area is 92.1 Å². The zero-order valence-corrected chi connectivity index (χ0v) is 9.30. The number of rotatable bonds is 3. The van der Waals surface area contributed by atoms with Crippen LogP contribution in [-0.2, 0) is 0 Å². The molecule has 0 aliphatic carbocycles. The Morgan fingerprint density at radius 1 is 1.53 bits per heavy atom. The molecule has 78 valence electrons. The monoisotopic (exact) mass is 220 g/mol. The van der Waals surface area contributed by atoms with Crippen molar-refractivity contribution in [3.05, 3.63) is 29.3 Å². The molecule has 1 aromatic carbocycles. The second-order valence-electron chi connectivity index (χ2n) is 3.29. The van der Waals surface area contributed by atoms with Gasteiger partial charge in [0.25, 0.3) is 5.91 Å². The quantitative estimate of drug-likeness (QED) is 0.863. The van der Waals surface area contributed by atoms with Crippen molar-refractivity contribution >= 4 is 27.5 Å². The third-order valence-electron chi connectivity index (χ3n) is 2.13. The number of benzene rings is 1. The Balaban J connectivity index is 2.23. The summed E-state index contributed by atoms with van der Waals surface area (Å²) in [5.41, 5.74) is 3.45. The number of aromatic nitrogens is 1. The highest BCUT2D eigenvalue weighted by Crippen LogP contribution is 2.18. The maximum atomic E-state index is 11.6.